The monoisotopic (exact) mass is 448 g/mol. The maximum absolute atomic E-state index is 5.60. The van der Waals surface area contributed by atoms with E-state index in [1.165, 1.54) is 53.3 Å². The van der Waals surface area contributed by atoms with E-state index in [9.17, 15) is 0 Å². The molecule has 30 heavy (non-hydrogen) atoms. The van der Waals surface area contributed by atoms with Crippen LogP contribution in [0.4, 0.5) is 0 Å². The zero-order valence-electron chi connectivity index (χ0n) is 17.9. The molecule has 2 atom stereocenters. The Balaban J connectivity index is 0.00000160. The zero-order chi connectivity index (χ0) is 19.3. The molecule has 0 fully saturated rings. The van der Waals surface area contributed by atoms with Gasteiger partial charge in [-0.05, 0) is 73.8 Å². The second-order valence-corrected chi connectivity index (χ2v) is 8.06. The maximum Gasteiger partial charge on any atom is 0.122 e. The van der Waals surface area contributed by atoms with Gasteiger partial charge >= 0.3 is 0 Å². The van der Waals surface area contributed by atoms with Gasteiger partial charge < -0.3 is 15.0 Å². The molecule has 1 aliphatic rings. The van der Waals surface area contributed by atoms with Crippen LogP contribution >= 0.6 is 24.8 Å². The van der Waals surface area contributed by atoms with Crippen molar-refractivity contribution < 1.29 is 4.74 Å². The highest BCUT2D eigenvalue weighted by Crippen LogP contribution is 2.30. The van der Waals surface area contributed by atoms with Crippen molar-refractivity contribution >= 4 is 35.7 Å². The molecule has 0 aliphatic heterocycles. The maximum atomic E-state index is 5.60. The van der Waals surface area contributed by atoms with Crippen molar-refractivity contribution in [2.24, 2.45) is 0 Å². The van der Waals surface area contributed by atoms with Crippen LogP contribution in [0.3, 0.4) is 0 Å². The third-order valence-electron chi connectivity index (χ3n) is 6.30. The van der Waals surface area contributed by atoms with E-state index in [2.05, 4.69) is 65.9 Å². The SMILES string of the molecule is CCC(CCCc1c[nH]c2ccccc12)NC1CCc2cccc(OC)c2C1.Cl.Cl. The minimum absolute atomic E-state index is 0. The summed E-state index contributed by atoms with van der Waals surface area (Å²) in [5.74, 6) is 1.05. The number of aromatic amines is 1. The molecule has 1 aromatic heterocycles. The minimum Gasteiger partial charge on any atom is -0.496 e. The van der Waals surface area contributed by atoms with Crippen LogP contribution in [-0.2, 0) is 19.3 Å². The molecule has 1 heterocycles. The fourth-order valence-corrected chi connectivity index (χ4v) is 4.70. The van der Waals surface area contributed by atoms with Gasteiger partial charge in [-0.1, -0.05) is 37.3 Å². The topological polar surface area (TPSA) is 37.0 Å². The number of fused-ring (bicyclic) bond motifs is 2. The molecule has 2 unspecified atom stereocenters. The lowest BCUT2D eigenvalue weighted by atomic mass is 9.87. The summed E-state index contributed by atoms with van der Waals surface area (Å²) in [6.45, 7) is 2.31. The average Bonchev–Trinajstić information content (AvgIpc) is 3.15. The van der Waals surface area contributed by atoms with Gasteiger partial charge in [-0.25, -0.2) is 0 Å². The quantitative estimate of drug-likeness (QED) is 0.425. The second-order valence-electron chi connectivity index (χ2n) is 8.06. The largest absolute Gasteiger partial charge is 0.496 e. The summed E-state index contributed by atoms with van der Waals surface area (Å²) in [5, 5.41) is 5.33. The molecule has 0 saturated carbocycles. The predicted molar refractivity (Wildman–Crippen MR) is 132 cm³/mol. The number of H-pyrrole nitrogens is 1. The van der Waals surface area contributed by atoms with Gasteiger partial charge in [0.25, 0.3) is 0 Å². The van der Waals surface area contributed by atoms with Crippen molar-refractivity contribution in [1.29, 1.82) is 0 Å². The van der Waals surface area contributed by atoms with Crippen molar-refractivity contribution in [1.82, 2.24) is 10.3 Å². The first-order valence-electron chi connectivity index (χ1n) is 10.7. The number of aryl methyl sites for hydroxylation is 2. The van der Waals surface area contributed by atoms with E-state index in [0.29, 0.717) is 12.1 Å². The van der Waals surface area contributed by atoms with Crippen LogP contribution in [0.5, 0.6) is 5.75 Å². The van der Waals surface area contributed by atoms with Gasteiger partial charge in [0.1, 0.15) is 5.75 Å². The number of hydrogen-bond acceptors (Lipinski definition) is 2. The van der Waals surface area contributed by atoms with Gasteiger partial charge in [0.05, 0.1) is 7.11 Å². The molecule has 2 aromatic carbocycles. The Kier molecular flexibility index (Phi) is 9.54. The Bertz CT molecular complexity index is 910. The summed E-state index contributed by atoms with van der Waals surface area (Å²) in [6.07, 6.45) is 10.4. The lowest BCUT2D eigenvalue weighted by molar-refractivity contribution is 0.355. The molecule has 1 aliphatic carbocycles. The molecular weight excluding hydrogens is 415 g/mol. The Morgan fingerprint density at radius 1 is 1.13 bits per heavy atom. The van der Waals surface area contributed by atoms with Crippen molar-refractivity contribution in [2.75, 3.05) is 7.11 Å². The Morgan fingerprint density at radius 2 is 1.97 bits per heavy atom. The van der Waals surface area contributed by atoms with Gasteiger partial charge in [0, 0.05) is 29.2 Å². The highest BCUT2D eigenvalue weighted by molar-refractivity contribution is 5.85. The number of aromatic nitrogens is 1. The fraction of sp³-hybridized carbons (Fsp3) is 0.440. The summed E-state index contributed by atoms with van der Waals surface area (Å²) >= 11 is 0. The van der Waals surface area contributed by atoms with Crippen LogP contribution in [0.1, 0.15) is 49.3 Å². The highest BCUT2D eigenvalue weighted by Gasteiger charge is 2.23. The van der Waals surface area contributed by atoms with Crippen molar-refractivity contribution in [3.63, 3.8) is 0 Å². The van der Waals surface area contributed by atoms with Crippen molar-refractivity contribution in [3.05, 3.63) is 65.4 Å². The number of hydrogen-bond donors (Lipinski definition) is 2. The highest BCUT2D eigenvalue weighted by atomic mass is 35.5. The number of para-hydroxylation sites is 1. The van der Waals surface area contributed by atoms with Crippen LogP contribution in [0.2, 0.25) is 0 Å². The summed E-state index contributed by atoms with van der Waals surface area (Å²) in [6, 6.07) is 16.2. The fourth-order valence-electron chi connectivity index (χ4n) is 4.70. The summed E-state index contributed by atoms with van der Waals surface area (Å²) < 4.78 is 5.60. The van der Waals surface area contributed by atoms with Crippen LogP contribution in [-0.4, -0.2) is 24.2 Å². The average molecular weight is 449 g/mol. The Morgan fingerprint density at radius 3 is 2.77 bits per heavy atom. The van der Waals surface area contributed by atoms with Crippen molar-refractivity contribution in [2.45, 2.75) is 64.0 Å². The smallest absolute Gasteiger partial charge is 0.122 e. The third kappa shape index (κ3) is 5.51. The van der Waals surface area contributed by atoms with Gasteiger partial charge in [-0.2, -0.15) is 0 Å². The summed E-state index contributed by atoms with van der Waals surface area (Å²) in [5.41, 5.74) is 5.56. The molecule has 2 N–H and O–H groups in total. The molecule has 164 valence electrons. The van der Waals surface area contributed by atoms with Crippen LogP contribution in [0.25, 0.3) is 10.9 Å². The van der Waals surface area contributed by atoms with Gasteiger partial charge in [0.2, 0.25) is 0 Å². The van der Waals surface area contributed by atoms with Crippen LogP contribution in [0, 0.1) is 0 Å². The van der Waals surface area contributed by atoms with Gasteiger partial charge in [-0.15, -0.1) is 24.8 Å². The van der Waals surface area contributed by atoms with E-state index in [-0.39, 0.29) is 24.8 Å². The first-order valence-corrected chi connectivity index (χ1v) is 10.7. The van der Waals surface area contributed by atoms with E-state index in [1.54, 1.807) is 7.11 Å². The zero-order valence-corrected chi connectivity index (χ0v) is 19.6. The van der Waals surface area contributed by atoms with Gasteiger partial charge in [-0.3, -0.25) is 0 Å². The van der Waals surface area contributed by atoms with E-state index >= 15 is 0 Å². The molecule has 0 bridgehead atoms. The van der Waals surface area contributed by atoms with Crippen LogP contribution < -0.4 is 10.1 Å². The number of rotatable bonds is 8. The second kappa shape index (κ2) is 11.6. The number of halogens is 2. The number of methoxy groups -OCH3 is 1. The molecule has 3 aromatic rings. The van der Waals surface area contributed by atoms with E-state index in [1.807, 2.05) is 0 Å². The summed E-state index contributed by atoms with van der Waals surface area (Å²) in [7, 11) is 1.78. The third-order valence-corrected chi connectivity index (χ3v) is 6.30. The lowest BCUT2D eigenvalue weighted by Crippen LogP contribution is -2.41. The Hall–Kier alpha value is -1.68. The minimum atomic E-state index is 0. The molecule has 4 rings (SSSR count). The number of ether oxygens (including phenoxy) is 1. The molecule has 0 radical (unpaired) electrons. The predicted octanol–water partition coefficient (Wildman–Crippen LogP) is 6.27. The molecule has 0 saturated heterocycles. The first-order chi connectivity index (χ1) is 13.8. The first kappa shape index (κ1) is 24.6. The van der Waals surface area contributed by atoms with Gasteiger partial charge in [0.15, 0.2) is 0 Å². The van der Waals surface area contributed by atoms with E-state index < -0.39 is 0 Å². The standard InChI is InChI=1S/C25H32N2O.2ClH/c1-3-20(10-6-9-19-17-26-24-12-5-4-11-22(19)24)27-21-15-14-18-8-7-13-25(28-2)23(18)16-21;;/h4-5,7-8,11-13,17,20-21,26-27H,3,6,9-10,14-16H2,1-2H3;2*1H. The van der Waals surface area contributed by atoms with E-state index in [0.717, 1.165) is 25.0 Å². The molecule has 0 amide bonds. The molecule has 3 nitrogen and oxygen atoms in total. The number of benzene rings is 2. The molecule has 5 heteroatoms. The summed E-state index contributed by atoms with van der Waals surface area (Å²) in [4.78, 5) is 3.40. The lowest BCUT2D eigenvalue weighted by Gasteiger charge is -2.30. The van der Waals surface area contributed by atoms with Crippen molar-refractivity contribution in [3.8, 4) is 5.75 Å². The molecular formula is C25H34Cl2N2O. The Labute approximate surface area is 192 Å². The molecule has 0 spiro atoms. The van der Waals surface area contributed by atoms with E-state index in [4.69, 9.17) is 4.74 Å². The normalized spacial score (nSPS) is 16.3. The number of nitrogens with one attached hydrogen (secondary N) is 2. The van der Waals surface area contributed by atoms with Crippen LogP contribution in [0.15, 0.2) is 48.7 Å².